The molecule has 6 heteroatoms. The fourth-order valence-electron chi connectivity index (χ4n) is 1.96. The van der Waals surface area contributed by atoms with Gasteiger partial charge in [-0.3, -0.25) is 9.59 Å². The third-order valence-corrected chi connectivity index (χ3v) is 3.48. The summed E-state index contributed by atoms with van der Waals surface area (Å²) in [5.41, 5.74) is 0.777. The number of anilines is 1. The molecule has 1 amide bonds. The maximum Gasteiger partial charge on any atom is 0.304 e. The Balaban J connectivity index is 2.18. The van der Waals surface area contributed by atoms with Crippen molar-refractivity contribution in [3.05, 3.63) is 28.7 Å². The summed E-state index contributed by atoms with van der Waals surface area (Å²) >= 11 is 3.40. The first-order valence-electron chi connectivity index (χ1n) is 5.58. The van der Waals surface area contributed by atoms with Gasteiger partial charge in [0.2, 0.25) is 5.91 Å². The predicted octanol–water partition coefficient (Wildman–Crippen LogP) is 1.23. The summed E-state index contributed by atoms with van der Waals surface area (Å²) in [5.74, 6) is -0.919. The third kappa shape index (κ3) is 2.88. The second-order valence-corrected chi connectivity index (χ2v) is 4.99. The van der Waals surface area contributed by atoms with Crippen molar-refractivity contribution in [2.45, 2.75) is 12.5 Å². The van der Waals surface area contributed by atoms with Gasteiger partial charge in [-0.15, -0.1) is 0 Å². The molecular weight excluding hydrogens is 300 g/mol. The Morgan fingerprint density at radius 1 is 1.50 bits per heavy atom. The van der Waals surface area contributed by atoms with E-state index in [0.29, 0.717) is 6.54 Å². The van der Waals surface area contributed by atoms with Crippen molar-refractivity contribution in [2.24, 2.45) is 0 Å². The maximum absolute atomic E-state index is 11.9. The van der Waals surface area contributed by atoms with E-state index in [4.69, 9.17) is 5.11 Å². The van der Waals surface area contributed by atoms with Gasteiger partial charge in [0.1, 0.15) is 0 Å². The van der Waals surface area contributed by atoms with Crippen molar-refractivity contribution in [1.29, 1.82) is 0 Å². The summed E-state index contributed by atoms with van der Waals surface area (Å²) in [6, 6.07) is 7.20. The molecule has 0 saturated carbocycles. The zero-order valence-electron chi connectivity index (χ0n) is 9.60. The number of carboxylic acids is 1. The second kappa shape index (κ2) is 5.49. The molecule has 1 unspecified atom stereocenters. The lowest BCUT2D eigenvalue weighted by Gasteiger charge is -2.33. The van der Waals surface area contributed by atoms with Gasteiger partial charge in [-0.05, 0) is 28.1 Å². The third-order valence-electron chi connectivity index (χ3n) is 2.81. The van der Waals surface area contributed by atoms with E-state index >= 15 is 0 Å². The van der Waals surface area contributed by atoms with Gasteiger partial charge in [0, 0.05) is 17.1 Å². The molecule has 1 aliphatic rings. The first-order valence-corrected chi connectivity index (χ1v) is 6.37. The van der Waals surface area contributed by atoms with Crippen LogP contribution in [-0.2, 0) is 9.59 Å². The molecule has 18 heavy (non-hydrogen) atoms. The Kier molecular flexibility index (Phi) is 3.98. The first kappa shape index (κ1) is 13.0. The van der Waals surface area contributed by atoms with Crippen LogP contribution < -0.4 is 10.2 Å². The number of aliphatic carboxylic acids is 1. The molecule has 1 heterocycles. The van der Waals surface area contributed by atoms with E-state index in [9.17, 15) is 9.59 Å². The van der Waals surface area contributed by atoms with Gasteiger partial charge < -0.3 is 15.3 Å². The number of benzene rings is 1. The zero-order chi connectivity index (χ0) is 13.1. The lowest BCUT2D eigenvalue weighted by molar-refractivity contribution is -0.138. The van der Waals surface area contributed by atoms with E-state index in [1.165, 1.54) is 0 Å². The number of nitrogens with zero attached hydrogens (tertiary/aromatic N) is 1. The van der Waals surface area contributed by atoms with Crippen LogP contribution in [0.1, 0.15) is 6.42 Å². The summed E-state index contributed by atoms with van der Waals surface area (Å²) < 4.78 is 0.828. The predicted molar refractivity (Wildman–Crippen MR) is 70.5 cm³/mol. The SMILES string of the molecule is O=C(O)CC1CN(c2ccccc2Br)C(=O)CN1. The van der Waals surface area contributed by atoms with Crippen molar-refractivity contribution in [3.63, 3.8) is 0 Å². The van der Waals surface area contributed by atoms with Gasteiger partial charge in [0.05, 0.1) is 18.7 Å². The number of carbonyl (C=O) groups is 2. The highest BCUT2D eigenvalue weighted by Crippen LogP contribution is 2.27. The number of amides is 1. The number of para-hydroxylation sites is 1. The molecule has 1 aliphatic heterocycles. The van der Waals surface area contributed by atoms with E-state index in [1.54, 1.807) is 4.90 Å². The van der Waals surface area contributed by atoms with Crippen molar-refractivity contribution in [2.75, 3.05) is 18.0 Å². The van der Waals surface area contributed by atoms with Crippen molar-refractivity contribution >= 4 is 33.5 Å². The second-order valence-electron chi connectivity index (χ2n) is 4.13. The van der Waals surface area contributed by atoms with Crippen LogP contribution in [0.15, 0.2) is 28.7 Å². The van der Waals surface area contributed by atoms with Gasteiger partial charge in [-0.1, -0.05) is 12.1 Å². The average molecular weight is 313 g/mol. The molecule has 96 valence electrons. The fourth-order valence-corrected chi connectivity index (χ4v) is 2.46. The van der Waals surface area contributed by atoms with Gasteiger partial charge in [-0.25, -0.2) is 0 Å². The van der Waals surface area contributed by atoms with E-state index < -0.39 is 5.97 Å². The molecular formula is C12H13BrN2O3. The highest BCUT2D eigenvalue weighted by molar-refractivity contribution is 9.10. The molecule has 2 rings (SSSR count). The lowest BCUT2D eigenvalue weighted by Crippen LogP contribution is -2.55. The molecule has 1 aromatic carbocycles. The summed E-state index contributed by atoms with van der Waals surface area (Å²) in [7, 11) is 0. The highest BCUT2D eigenvalue weighted by Gasteiger charge is 2.28. The highest BCUT2D eigenvalue weighted by atomic mass is 79.9. The average Bonchev–Trinajstić information content (AvgIpc) is 2.32. The topological polar surface area (TPSA) is 69.6 Å². The smallest absolute Gasteiger partial charge is 0.304 e. The van der Waals surface area contributed by atoms with Gasteiger partial charge in [0.15, 0.2) is 0 Å². The van der Waals surface area contributed by atoms with Gasteiger partial charge in [0.25, 0.3) is 0 Å². The Bertz CT molecular complexity index is 478. The summed E-state index contributed by atoms with van der Waals surface area (Å²) in [6.07, 6.45) is 0.00817. The fraction of sp³-hybridized carbons (Fsp3) is 0.333. The minimum atomic E-state index is -0.867. The summed E-state index contributed by atoms with van der Waals surface area (Å²) in [5, 5.41) is 11.7. The number of rotatable bonds is 3. The summed E-state index contributed by atoms with van der Waals surface area (Å²) in [6.45, 7) is 0.535. The Labute approximate surface area is 113 Å². The van der Waals surface area contributed by atoms with Crippen molar-refractivity contribution in [1.82, 2.24) is 5.32 Å². The van der Waals surface area contributed by atoms with Crippen LogP contribution in [-0.4, -0.2) is 36.1 Å². The molecule has 1 saturated heterocycles. The lowest BCUT2D eigenvalue weighted by atomic mass is 10.1. The zero-order valence-corrected chi connectivity index (χ0v) is 11.2. The molecule has 5 nitrogen and oxygen atoms in total. The molecule has 0 spiro atoms. The number of hydrogen-bond acceptors (Lipinski definition) is 3. The Morgan fingerprint density at radius 3 is 2.89 bits per heavy atom. The van der Waals surface area contributed by atoms with Crippen molar-refractivity contribution < 1.29 is 14.7 Å². The van der Waals surface area contributed by atoms with Gasteiger partial charge >= 0.3 is 5.97 Å². The number of hydrogen-bond donors (Lipinski definition) is 2. The van der Waals surface area contributed by atoms with Crippen LogP contribution in [0, 0.1) is 0 Å². The number of carboxylic acid groups (broad SMARTS) is 1. The number of nitrogens with one attached hydrogen (secondary N) is 1. The molecule has 0 radical (unpaired) electrons. The number of piperazine rings is 1. The monoisotopic (exact) mass is 312 g/mol. The number of carbonyl (C=O) groups excluding carboxylic acids is 1. The molecule has 0 bridgehead atoms. The Morgan fingerprint density at radius 2 is 2.22 bits per heavy atom. The van der Waals surface area contributed by atoms with Crippen LogP contribution in [0.2, 0.25) is 0 Å². The largest absolute Gasteiger partial charge is 0.481 e. The maximum atomic E-state index is 11.9. The van der Waals surface area contributed by atoms with E-state index in [1.807, 2.05) is 24.3 Å². The van der Waals surface area contributed by atoms with E-state index in [2.05, 4.69) is 21.2 Å². The molecule has 2 N–H and O–H groups in total. The molecule has 0 aliphatic carbocycles. The first-order chi connectivity index (χ1) is 8.58. The molecule has 1 fully saturated rings. The summed E-state index contributed by atoms with van der Waals surface area (Å²) in [4.78, 5) is 24.2. The minimum Gasteiger partial charge on any atom is -0.481 e. The van der Waals surface area contributed by atoms with Gasteiger partial charge in [-0.2, -0.15) is 0 Å². The normalized spacial score (nSPS) is 19.9. The van der Waals surface area contributed by atoms with Crippen LogP contribution in [0.4, 0.5) is 5.69 Å². The molecule has 0 aromatic heterocycles. The number of halogens is 1. The Hall–Kier alpha value is -1.40. The van der Waals surface area contributed by atoms with E-state index in [0.717, 1.165) is 10.2 Å². The minimum absolute atomic E-state index is 0.00817. The van der Waals surface area contributed by atoms with Crippen LogP contribution >= 0.6 is 15.9 Å². The van der Waals surface area contributed by atoms with Crippen LogP contribution in [0.5, 0.6) is 0 Å². The molecule has 1 atom stereocenters. The van der Waals surface area contributed by atoms with Crippen LogP contribution in [0.3, 0.4) is 0 Å². The quantitative estimate of drug-likeness (QED) is 0.880. The van der Waals surface area contributed by atoms with Crippen molar-refractivity contribution in [3.8, 4) is 0 Å². The van der Waals surface area contributed by atoms with E-state index in [-0.39, 0.29) is 24.9 Å². The van der Waals surface area contributed by atoms with Crippen LogP contribution in [0.25, 0.3) is 0 Å². The molecule has 1 aromatic rings. The standard InChI is InChI=1S/C12H13BrN2O3/c13-9-3-1-2-4-10(9)15-7-8(5-12(17)18)14-6-11(15)16/h1-4,8,14H,5-7H2,(H,17,18).